The van der Waals surface area contributed by atoms with Gasteiger partial charge in [0.1, 0.15) is 17.0 Å². The summed E-state index contributed by atoms with van der Waals surface area (Å²) in [6, 6.07) is 8.12. The molecule has 1 aliphatic rings. The standard InChI is InChI=1S/C17H20N4O3/c18-16(24)17(8-2-1-3-9-17)19-15(23)14-10-13(20-21-14)11-4-6-12(22)7-5-11/h4-7,10,22H,1-3,8-9H2,(H2,18,24)(H,19,23)(H,20,21). The lowest BCUT2D eigenvalue weighted by Crippen LogP contribution is -2.58. The maximum absolute atomic E-state index is 12.5. The molecule has 0 aliphatic heterocycles. The van der Waals surface area contributed by atoms with E-state index >= 15 is 0 Å². The minimum Gasteiger partial charge on any atom is -0.508 e. The first kappa shape index (κ1) is 16.0. The summed E-state index contributed by atoms with van der Waals surface area (Å²) < 4.78 is 0. The van der Waals surface area contributed by atoms with E-state index in [0.29, 0.717) is 18.5 Å². The topological polar surface area (TPSA) is 121 Å². The van der Waals surface area contributed by atoms with Gasteiger partial charge < -0.3 is 16.2 Å². The maximum atomic E-state index is 12.5. The molecule has 1 heterocycles. The number of benzene rings is 1. The number of carbonyl (C=O) groups excluding carboxylic acids is 2. The fourth-order valence-electron chi connectivity index (χ4n) is 3.09. The third kappa shape index (κ3) is 3.10. The molecule has 7 nitrogen and oxygen atoms in total. The number of hydrogen-bond acceptors (Lipinski definition) is 4. The summed E-state index contributed by atoms with van der Waals surface area (Å²) in [4.78, 5) is 24.4. The smallest absolute Gasteiger partial charge is 0.270 e. The van der Waals surface area contributed by atoms with E-state index in [-0.39, 0.29) is 11.4 Å². The van der Waals surface area contributed by atoms with Crippen LogP contribution in [-0.2, 0) is 4.79 Å². The van der Waals surface area contributed by atoms with Gasteiger partial charge in [-0.05, 0) is 43.2 Å². The Morgan fingerprint density at radius 2 is 1.83 bits per heavy atom. The van der Waals surface area contributed by atoms with E-state index in [2.05, 4.69) is 15.5 Å². The Kier molecular flexibility index (Phi) is 4.24. The molecule has 0 unspecified atom stereocenters. The second kappa shape index (κ2) is 6.35. The van der Waals surface area contributed by atoms with Gasteiger partial charge in [0, 0.05) is 5.56 Å². The molecule has 0 bridgehead atoms. The summed E-state index contributed by atoms with van der Waals surface area (Å²) in [5.41, 5.74) is 6.18. The highest BCUT2D eigenvalue weighted by molar-refractivity contribution is 5.98. The van der Waals surface area contributed by atoms with Crippen molar-refractivity contribution in [2.45, 2.75) is 37.6 Å². The fraction of sp³-hybridized carbons (Fsp3) is 0.353. The fourth-order valence-corrected chi connectivity index (χ4v) is 3.09. The van der Waals surface area contributed by atoms with Gasteiger partial charge in [-0.2, -0.15) is 5.10 Å². The number of carbonyl (C=O) groups is 2. The van der Waals surface area contributed by atoms with Gasteiger partial charge >= 0.3 is 0 Å². The highest BCUT2D eigenvalue weighted by Gasteiger charge is 2.39. The number of H-pyrrole nitrogens is 1. The van der Waals surface area contributed by atoms with Crippen LogP contribution in [0.2, 0.25) is 0 Å². The van der Waals surface area contributed by atoms with E-state index in [9.17, 15) is 14.7 Å². The van der Waals surface area contributed by atoms with Gasteiger partial charge in [0.15, 0.2) is 0 Å². The molecule has 2 aromatic rings. The molecule has 2 amide bonds. The van der Waals surface area contributed by atoms with E-state index in [4.69, 9.17) is 5.73 Å². The molecule has 1 aromatic carbocycles. The minimum absolute atomic E-state index is 0.160. The number of aromatic hydroxyl groups is 1. The average molecular weight is 328 g/mol. The van der Waals surface area contributed by atoms with Crippen molar-refractivity contribution in [2.75, 3.05) is 0 Å². The number of nitrogens with zero attached hydrogens (tertiary/aromatic N) is 1. The van der Waals surface area contributed by atoms with Crippen LogP contribution in [0.3, 0.4) is 0 Å². The molecule has 7 heteroatoms. The molecule has 0 atom stereocenters. The van der Waals surface area contributed by atoms with Crippen LogP contribution in [-0.4, -0.2) is 32.7 Å². The van der Waals surface area contributed by atoms with Crippen LogP contribution in [0.25, 0.3) is 11.3 Å². The zero-order valence-corrected chi connectivity index (χ0v) is 13.2. The van der Waals surface area contributed by atoms with Crippen molar-refractivity contribution in [1.29, 1.82) is 0 Å². The first-order valence-corrected chi connectivity index (χ1v) is 7.97. The molecule has 3 rings (SSSR count). The predicted molar refractivity (Wildman–Crippen MR) is 88.2 cm³/mol. The van der Waals surface area contributed by atoms with Crippen LogP contribution < -0.4 is 11.1 Å². The van der Waals surface area contributed by atoms with Crippen molar-refractivity contribution in [2.24, 2.45) is 5.73 Å². The first-order chi connectivity index (χ1) is 11.5. The summed E-state index contributed by atoms with van der Waals surface area (Å²) >= 11 is 0. The normalized spacial score (nSPS) is 16.5. The van der Waals surface area contributed by atoms with Crippen LogP contribution in [0.15, 0.2) is 30.3 Å². The number of aromatic nitrogens is 2. The highest BCUT2D eigenvalue weighted by atomic mass is 16.3. The average Bonchev–Trinajstić information content (AvgIpc) is 3.06. The number of phenolic OH excluding ortho intramolecular Hbond substituents is 1. The Balaban J connectivity index is 1.78. The Hall–Kier alpha value is -2.83. The molecule has 1 fully saturated rings. The number of nitrogens with one attached hydrogen (secondary N) is 2. The van der Waals surface area contributed by atoms with Crippen LogP contribution in [0.4, 0.5) is 0 Å². The predicted octanol–water partition coefficient (Wildman–Crippen LogP) is 1.70. The molecule has 0 radical (unpaired) electrons. The van der Waals surface area contributed by atoms with E-state index in [1.165, 1.54) is 0 Å². The lowest BCUT2D eigenvalue weighted by Gasteiger charge is -2.34. The number of amides is 2. The molecule has 0 saturated heterocycles. The van der Waals surface area contributed by atoms with Crippen molar-refractivity contribution < 1.29 is 14.7 Å². The molecular weight excluding hydrogens is 308 g/mol. The van der Waals surface area contributed by atoms with E-state index in [1.807, 2.05) is 0 Å². The van der Waals surface area contributed by atoms with Crippen LogP contribution in [0, 0.1) is 0 Å². The van der Waals surface area contributed by atoms with Crippen molar-refractivity contribution in [3.8, 4) is 17.0 Å². The number of primary amides is 1. The number of nitrogens with two attached hydrogens (primary N) is 1. The summed E-state index contributed by atoms with van der Waals surface area (Å²) in [7, 11) is 0. The van der Waals surface area contributed by atoms with Crippen molar-refractivity contribution in [1.82, 2.24) is 15.5 Å². The van der Waals surface area contributed by atoms with E-state index in [1.54, 1.807) is 30.3 Å². The maximum Gasteiger partial charge on any atom is 0.270 e. The van der Waals surface area contributed by atoms with Crippen molar-refractivity contribution in [3.05, 3.63) is 36.0 Å². The Labute approximate surface area is 139 Å². The summed E-state index contributed by atoms with van der Waals surface area (Å²) in [6.45, 7) is 0. The number of phenols is 1. The van der Waals surface area contributed by atoms with Crippen LogP contribution in [0.5, 0.6) is 5.75 Å². The largest absolute Gasteiger partial charge is 0.508 e. The molecule has 126 valence electrons. The third-order valence-corrected chi connectivity index (χ3v) is 4.52. The summed E-state index contributed by atoms with van der Waals surface area (Å²) in [5, 5.41) is 18.9. The Morgan fingerprint density at radius 3 is 2.46 bits per heavy atom. The van der Waals surface area contributed by atoms with Gasteiger partial charge in [-0.15, -0.1) is 0 Å². The second-order valence-corrected chi connectivity index (χ2v) is 6.17. The third-order valence-electron chi connectivity index (χ3n) is 4.52. The zero-order valence-electron chi connectivity index (χ0n) is 13.2. The molecule has 0 spiro atoms. The molecule has 1 aliphatic carbocycles. The van der Waals surface area contributed by atoms with Crippen LogP contribution in [0.1, 0.15) is 42.6 Å². The summed E-state index contributed by atoms with van der Waals surface area (Å²) in [6.07, 6.45) is 3.90. The number of aromatic amines is 1. The van der Waals surface area contributed by atoms with Gasteiger partial charge in [-0.1, -0.05) is 19.3 Å². The lowest BCUT2D eigenvalue weighted by atomic mass is 9.81. The Morgan fingerprint density at radius 1 is 1.17 bits per heavy atom. The summed E-state index contributed by atoms with van der Waals surface area (Å²) in [5.74, 6) is -0.727. The molecule has 24 heavy (non-hydrogen) atoms. The van der Waals surface area contributed by atoms with Gasteiger partial charge in [-0.25, -0.2) is 0 Å². The number of rotatable bonds is 4. The SMILES string of the molecule is NC(=O)C1(NC(=O)c2cc(-c3ccc(O)cc3)n[nH]2)CCCCC1. The minimum atomic E-state index is -0.973. The van der Waals surface area contributed by atoms with E-state index < -0.39 is 17.4 Å². The molecular formula is C17H20N4O3. The monoisotopic (exact) mass is 328 g/mol. The van der Waals surface area contributed by atoms with Gasteiger partial charge in [0.25, 0.3) is 5.91 Å². The molecule has 1 aromatic heterocycles. The van der Waals surface area contributed by atoms with Crippen molar-refractivity contribution in [3.63, 3.8) is 0 Å². The van der Waals surface area contributed by atoms with Gasteiger partial charge in [0.05, 0.1) is 5.69 Å². The van der Waals surface area contributed by atoms with Gasteiger partial charge in [-0.3, -0.25) is 14.7 Å². The first-order valence-electron chi connectivity index (χ1n) is 7.97. The molecule has 1 saturated carbocycles. The second-order valence-electron chi connectivity index (χ2n) is 6.17. The van der Waals surface area contributed by atoms with Gasteiger partial charge in [0.2, 0.25) is 5.91 Å². The highest BCUT2D eigenvalue weighted by Crippen LogP contribution is 2.28. The quantitative estimate of drug-likeness (QED) is 0.682. The molecule has 5 N–H and O–H groups in total. The van der Waals surface area contributed by atoms with Crippen LogP contribution >= 0.6 is 0 Å². The lowest BCUT2D eigenvalue weighted by molar-refractivity contribution is -0.125. The number of hydrogen-bond donors (Lipinski definition) is 4. The Bertz CT molecular complexity index is 745. The van der Waals surface area contributed by atoms with Crippen molar-refractivity contribution >= 4 is 11.8 Å². The van der Waals surface area contributed by atoms with E-state index in [0.717, 1.165) is 24.8 Å². The zero-order chi connectivity index (χ0) is 17.2.